The average Bonchev–Trinajstić information content (AvgIpc) is 2.47. The van der Waals surface area contributed by atoms with Gasteiger partial charge in [-0.3, -0.25) is 19.8 Å². The zero-order valence-electron chi connectivity index (χ0n) is 8.19. The first-order chi connectivity index (χ1) is 7.18. The van der Waals surface area contributed by atoms with Crippen LogP contribution in [0.15, 0.2) is 0 Å². The Labute approximate surface area is 91.6 Å². The van der Waals surface area contributed by atoms with E-state index in [1.54, 1.807) is 11.8 Å². The van der Waals surface area contributed by atoms with E-state index >= 15 is 0 Å². The highest BCUT2D eigenvalue weighted by Crippen LogP contribution is 2.26. The fraction of sp³-hybridized carbons (Fsp3) is 0.667. The third-order valence-corrected chi connectivity index (χ3v) is 3.95. The first kappa shape index (κ1) is 10.5. The number of hydrogen-bond acceptors (Lipinski definition) is 4. The van der Waals surface area contributed by atoms with Gasteiger partial charge in [-0.2, -0.15) is 11.8 Å². The number of hydrogen-bond donors (Lipinski definition) is 1. The first-order valence-electron chi connectivity index (χ1n) is 4.97. The molecule has 0 saturated carbocycles. The van der Waals surface area contributed by atoms with Crippen LogP contribution in [0, 0.1) is 0 Å². The van der Waals surface area contributed by atoms with Crippen molar-refractivity contribution in [3.63, 3.8) is 0 Å². The Hall–Kier alpha value is -1.04. The van der Waals surface area contributed by atoms with Gasteiger partial charge in [0.25, 0.3) is 0 Å². The van der Waals surface area contributed by atoms with E-state index in [1.807, 2.05) is 5.32 Å². The average molecular weight is 228 g/mol. The topological polar surface area (TPSA) is 66.5 Å². The van der Waals surface area contributed by atoms with E-state index < -0.39 is 17.8 Å². The lowest BCUT2D eigenvalue weighted by Gasteiger charge is -2.24. The summed E-state index contributed by atoms with van der Waals surface area (Å²) in [5, 5.41) is 2.29. The Morgan fingerprint density at radius 3 is 2.67 bits per heavy atom. The number of rotatable bonds is 2. The van der Waals surface area contributed by atoms with Gasteiger partial charge in [-0.15, -0.1) is 0 Å². The Kier molecular flexibility index (Phi) is 2.95. The maximum Gasteiger partial charge on any atom is 0.331 e. The zero-order valence-corrected chi connectivity index (χ0v) is 9.01. The van der Waals surface area contributed by atoms with Crippen LogP contribution in [0.4, 0.5) is 4.79 Å². The Balaban J connectivity index is 1.95. The minimum Gasteiger partial charge on any atom is -0.269 e. The summed E-state index contributed by atoms with van der Waals surface area (Å²) in [5.74, 6) is -0.450. The van der Waals surface area contributed by atoms with Gasteiger partial charge in [0.15, 0.2) is 0 Å². The fourth-order valence-electron chi connectivity index (χ4n) is 1.75. The predicted octanol–water partition coefficient (Wildman–Crippen LogP) is 0.350. The van der Waals surface area contributed by atoms with Crippen LogP contribution in [0.2, 0.25) is 0 Å². The second-order valence-corrected chi connectivity index (χ2v) is 5.07. The third kappa shape index (κ3) is 2.14. The summed E-state index contributed by atoms with van der Waals surface area (Å²) in [6, 6.07) is -0.573. The third-order valence-electron chi connectivity index (χ3n) is 2.57. The fourth-order valence-corrected chi connectivity index (χ4v) is 3.05. The lowest BCUT2D eigenvalue weighted by molar-refractivity contribution is -0.140. The Morgan fingerprint density at radius 2 is 2.13 bits per heavy atom. The maximum atomic E-state index is 11.3. The van der Waals surface area contributed by atoms with E-state index in [2.05, 4.69) is 0 Å². The quantitative estimate of drug-likeness (QED) is 0.547. The SMILES string of the molecule is O=C1NC(=O)N(CC2CCCCS2)C1=O. The van der Waals surface area contributed by atoms with Gasteiger partial charge in [-0.25, -0.2) is 4.79 Å². The van der Waals surface area contributed by atoms with Gasteiger partial charge in [0.1, 0.15) is 0 Å². The zero-order chi connectivity index (χ0) is 10.8. The van der Waals surface area contributed by atoms with Crippen molar-refractivity contribution in [2.45, 2.75) is 24.5 Å². The molecule has 0 bridgehead atoms. The van der Waals surface area contributed by atoms with Gasteiger partial charge in [-0.1, -0.05) is 6.42 Å². The van der Waals surface area contributed by atoms with Gasteiger partial charge in [0.2, 0.25) is 0 Å². The predicted molar refractivity (Wildman–Crippen MR) is 55.3 cm³/mol. The molecule has 4 amide bonds. The number of nitrogens with one attached hydrogen (secondary N) is 1. The van der Waals surface area contributed by atoms with Gasteiger partial charge in [-0.05, 0) is 18.6 Å². The minimum atomic E-state index is -0.805. The summed E-state index contributed by atoms with van der Waals surface area (Å²) in [6.45, 7) is 0.362. The molecule has 0 radical (unpaired) electrons. The molecule has 6 heteroatoms. The van der Waals surface area contributed by atoms with Crippen molar-refractivity contribution < 1.29 is 14.4 Å². The van der Waals surface area contributed by atoms with Crippen LogP contribution in [-0.2, 0) is 9.59 Å². The highest BCUT2D eigenvalue weighted by atomic mass is 32.2. The first-order valence-corrected chi connectivity index (χ1v) is 6.02. The number of carbonyl (C=O) groups excluding carboxylic acids is 3. The Morgan fingerprint density at radius 1 is 1.33 bits per heavy atom. The molecule has 2 aliphatic heterocycles. The van der Waals surface area contributed by atoms with Gasteiger partial charge >= 0.3 is 17.8 Å². The molecule has 1 atom stereocenters. The number of nitrogens with zero attached hydrogens (tertiary/aromatic N) is 1. The summed E-state index contributed by atoms with van der Waals surface area (Å²) >= 11 is 1.77. The second-order valence-electron chi connectivity index (χ2n) is 3.66. The molecule has 1 N–H and O–H groups in total. The molecule has 0 aliphatic carbocycles. The molecule has 1 unspecified atom stereocenters. The van der Waals surface area contributed by atoms with Crippen molar-refractivity contribution in [2.75, 3.05) is 12.3 Å². The highest BCUT2D eigenvalue weighted by Gasteiger charge is 2.38. The van der Waals surface area contributed by atoms with E-state index in [9.17, 15) is 14.4 Å². The van der Waals surface area contributed by atoms with Crippen molar-refractivity contribution in [1.29, 1.82) is 0 Å². The molecule has 5 nitrogen and oxygen atoms in total. The monoisotopic (exact) mass is 228 g/mol. The molecule has 0 aromatic carbocycles. The maximum absolute atomic E-state index is 11.3. The molecule has 15 heavy (non-hydrogen) atoms. The standard InChI is InChI=1S/C9H12N2O3S/c12-7-8(13)11(9(14)10-7)5-6-3-1-2-4-15-6/h6H,1-5H2,(H,10,12,14). The highest BCUT2D eigenvalue weighted by molar-refractivity contribution is 7.99. The molecular weight excluding hydrogens is 216 g/mol. The van der Waals surface area contributed by atoms with Gasteiger partial charge in [0.05, 0.1) is 0 Å². The number of amides is 4. The van der Waals surface area contributed by atoms with E-state index in [-0.39, 0.29) is 0 Å². The van der Waals surface area contributed by atoms with E-state index in [0.29, 0.717) is 11.8 Å². The van der Waals surface area contributed by atoms with Crippen molar-refractivity contribution >= 4 is 29.6 Å². The minimum absolute atomic E-state index is 0.291. The smallest absolute Gasteiger partial charge is 0.269 e. The van der Waals surface area contributed by atoms with Crippen LogP contribution in [0.3, 0.4) is 0 Å². The van der Waals surface area contributed by atoms with E-state index in [0.717, 1.165) is 23.5 Å². The molecule has 0 aromatic heterocycles. The lowest BCUT2D eigenvalue weighted by atomic mass is 10.2. The molecule has 2 fully saturated rings. The van der Waals surface area contributed by atoms with Crippen molar-refractivity contribution in [3.8, 4) is 0 Å². The number of carbonyl (C=O) groups is 3. The van der Waals surface area contributed by atoms with Crippen LogP contribution in [0.25, 0.3) is 0 Å². The Bertz CT molecular complexity index is 312. The number of imide groups is 2. The van der Waals surface area contributed by atoms with Crippen LogP contribution < -0.4 is 5.32 Å². The molecular formula is C9H12N2O3S. The summed E-state index contributed by atoms with van der Waals surface area (Å²) < 4.78 is 0. The van der Waals surface area contributed by atoms with Crippen LogP contribution >= 0.6 is 11.8 Å². The molecule has 0 aromatic rings. The molecule has 0 spiro atoms. The second kappa shape index (κ2) is 4.22. The van der Waals surface area contributed by atoms with Crippen molar-refractivity contribution in [1.82, 2.24) is 10.2 Å². The summed E-state index contributed by atoms with van der Waals surface area (Å²) in [7, 11) is 0. The summed E-state index contributed by atoms with van der Waals surface area (Å²) in [5.41, 5.74) is 0. The molecule has 2 saturated heterocycles. The van der Waals surface area contributed by atoms with Crippen LogP contribution in [-0.4, -0.2) is 40.3 Å². The molecule has 2 aliphatic rings. The van der Waals surface area contributed by atoms with Gasteiger partial charge in [0, 0.05) is 11.8 Å². The van der Waals surface area contributed by atoms with E-state index in [1.165, 1.54) is 6.42 Å². The van der Waals surface area contributed by atoms with Gasteiger partial charge < -0.3 is 0 Å². The van der Waals surface area contributed by atoms with Crippen LogP contribution in [0.1, 0.15) is 19.3 Å². The van der Waals surface area contributed by atoms with Crippen molar-refractivity contribution in [3.05, 3.63) is 0 Å². The summed E-state index contributed by atoms with van der Waals surface area (Å²) in [6.07, 6.45) is 3.34. The van der Waals surface area contributed by atoms with Crippen LogP contribution in [0.5, 0.6) is 0 Å². The number of thioether (sulfide) groups is 1. The van der Waals surface area contributed by atoms with Crippen molar-refractivity contribution in [2.24, 2.45) is 0 Å². The molecule has 2 rings (SSSR count). The summed E-state index contributed by atoms with van der Waals surface area (Å²) in [4.78, 5) is 34.4. The lowest BCUT2D eigenvalue weighted by Crippen LogP contribution is -2.37. The number of urea groups is 1. The molecule has 2 heterocycles. The normalized spacial score (nSPS) is 27.1. The largest absolute Gasteiger partial charge is 0.331 e. The molecule has 82 valence electrons. The van der Waals surface area contributed by atoms with E-state index in [4.69, 9.17) is 0 Å².